The smallest absolute Gasteiger partial charge is 0.214 e. The number of hydrogen-bond acceptors (Lipinski definition) is 5. The highest BCUT2D eigenvalue weighted by molar-refractivity contribution is 5.44. The van der Waals surface area contributed by atoms with Gasteiger partial charge in [0, 0.05) is 17.5 Å². The molecule has 30 heavy (non-hydrogen) atoms. The summed E-state index contributed by atoms with van der Waals surface area (Å²) in [7, 11) is 3.32. The largest absolute Gasteiger partial charge is 0.493 e. The maximum atomic E-state index is 5.59. The minimum absolute atomic E-state index is 0.0209. The SMILES string of the molecule is COc1ccc([C@H](c2nnnn2C(C)(C)C)[NH+]2CCc3ccccc3C2)cc1OC. The number of nitrogens with zero attached hydrogens (tertiary/aromatic N) is 4. The molecular formula is C23H30N5O2+. The van der Waals surface area contributed by atoms with Gasteiger partial charge in [0.05, 0.1) is 26.3 Å². The fourth-order valence-corrected chi connectivity index (χ4v) is 4.30. The number of methoxy groups -OCH3 is 2. The van der Waals surface area contributed by atoms with Crippen LogP contribution in [0.3, 0.4) is 0 Å². The van der Waals surface area contributed by atoms with Crippen molar-refractivity contribution in [3.63, 3.8) is 0 Å². The van der Waals surface area contributed by atoms with E-state index < -0.39 is 0 Å². The van der Waals surface area contributed by atoms with Crippen LogP contribution < -0.4 is 14.4 Å². The Morgan fingerprint density at radius 2 is 1.73 bits per heavy atom. The maximum Gasteiger partial charge on any atom is 0.214 e. The first-order valence-corrected chi connectivity index (χ1v) is 10.3. The second-order valence-corrected chi connectivity index (χ2v) is 8.77. The summed E-state index contributed by atoms with van der Waals surface area (Å²) in [6, 6.07) is 14.8. The van der Waals surface area contributed by atoms with Crippen LogP contribution in [0.5, 0.6) is 11.5 Å². The highest BCUT2D eigenvalue weighted by Crippen LogP contribution is 2.32. The number of ether oxygens (including phenoxy) is 2. The molecule has 0 aliphatic carbocycles. The maximum absolute atomic E-state index is 5.59. The second kappa shape index (κ2) is 8.07. The summed E-state index contributed by atoms with van der Waals surface area (Å²) < 4.78 is 13.0. The molecule has 1 N–H and O–H groups in total. The minimum Gasteiger partial charge on any atom is -0.493 e. The van der Waals surface area contributed by atoms with Crippen LogP contribution in [0.2, 0.25) is 0 Å². The van der Waals surface area contributed by atoms with Gasteiger partial charge in [-0.05, 0) is 55.0 Å². The van der Waals surface area contributed by atoms with E-state index in [4.69, 9.17) is 9.47 Å². The van der Waals surface area contributed by atoms with E-state index in [9.17, 15) is 0 Å². The summed E-state index contributed by atoms with van der Waals surface area (Å²) >= 11 is 0. The van der Waals surface area contributed by atoms with Crippen LogP contribution >= 0.6 is 0 Å². The Kier molecular flexibility index (Phi) is 5.47. The van der Waals surface area contributed by atoms with Crippen LogP contribution in [0.4, 0.5) is 0 Å². The molecule has 1 aromatic heterocycles. The van der Waals surface area contributed by atoms with E-state index in [0.29, 0.717) is 5.75 Å². The third-order valence-corrected chi connectivity index (χ3v) is 5.79. The lowest BCUT2D eigenvalue weighted by atomic mass is 9.95. The van der Waals surface area contributed by atoms with Crippen molar-refractivity contribution in [2.75, 3.05) is 20.8 Å². The van der Waals surface area contributed by atoms with Gasteiger partial charge in [0.1, 0.15) is 6.54 Å². The van der Waals surface area contributed by atoms with Gasteiger partial charge in [-0.25, -0.2) is 4.68 Å². The second-order valence-electron chi connectivity index (χ2n) is 8.77. The fourth-order valence-electron chi connectivity index (χ4n) is 4.30. The summed E-state index contributed by atoms with van der Waals surface area (Å²) in [6.45, 7) is 8.30. The average molecular weight is 409 g/mol. The zero-order valence-electron chi connectivity index (χ0n) is 18.3. The number of rotatable bonds is 5. The van der Waals surface area contributed by atoms with Gasteiger partial charge in [-0.2, -0.15) is 0 Å². The summed E-state index contributed by atoms with van der Waals surface area (Å²) in [4.78, 5) is 1.42. The zero-order chi connectivity index (χ0) is 21.3. The Morgan fingerprint density at radius 3 is 2.43 bits per heavy atom. The van der Waals surface area contributed by atoms with Gasteiger partial charge in [-0.15, -0.1) is 5.10 Å². The zero-order valence-corrected chi connectivity index (χ0v) is 18.3. The van der Waals surface area contributed by atoms with Crippen molar-refractivity contribution in [1.82, 2.24) is 20.2 Å². The predicted molar refractivity (Wildman–Crippen MR) is 114 cm³/mol. The molecule has 7 heteroatoms. The summed E-state index contributed by atoms with van der Waals surface area (Å²) in [5.74, 6) is 2.30. The first-order chi connectivity index (χ1) is 14.4. The van der Waals surface area contributed by atoms with Gasteiger partial charge < -0.3 is 14.4 Å². The number of fused-ring (bicyclic) bond motifs is 1. The van der Waals surface area contributed by atoms with E-state index in [1.807, 2.05) is 10.7 Å². The van der Waals surface area contributed by atoms with E-state index in [1.54, 1.807) is 14.2 Å². The molecule has 0 spiro atoms. The topological polar surface area (TPSA) is 66.5 Å². The van der Waals surface area contributed by atoms with Gasteiger partial charge in [-0.1, -0.05) is 24.3 Å². The molecule has 2 heterocycles. The predicted octanol–water partition coefficient (Wildman–Crippen LogP) is 2.18. The van der Waals surface area contributed by atoms with Crippen LogP contribution in [-0.2, 0) is 18.5 Å². The van der Waals surface area contributed by atoms with Crippen LogP contribution in [0.15, 0.2) is 42.5 Å². The molecule has 7 nitrogen and oxygen atoms in total. The number of hydrogen-bond donors (Lipinski definition) is 1. The standard InChI is InChI=1S/C23H29N5O2/c1-23(2,3)28-22(24-25-26-28)21(17-10-11-19(29-4)20(14-17)30-5)27-13-12-16-8-6-7-9-18(16)15-27/h6-11,14,21H,12-13,15H2,1-5H3/p+1/t21-/m1/s1. The van der Waals surface area contributed by atoms with Gasteiger partial charge in [-0.3, -0.25) is 0 Å². The molecule has 1 aliphatic heterocycles. The molecule has 0 radical (unpaired) electrons. The molecule has 1 aliphatic rings. The third-order valence-electron chi connectivity index (χ3n) is 5.79. The van der Waals surface area contributed by atoms with Crippen molar-refractivity contribution in [3.05, 3.63) is 65.0 Å². The molecule has 1 unspecified atom stereocenters. The van der Waals surface area contributed by atoms with Crippen molar-refractivity contribution >= 4 is 0 Å². The van der Waals surface area contributed by atoms with E-state index in [0.717, 1.165) is 36.6 Å². The van der Waals surface area contributed by atoms with Crippen molar-refractivity contribution in [2.24, 2.45) is 0 Å². The van der Waals surface area contributed by atoms with E-state index >= 15 is 0 Å². The van der Waals surface area contributed by atoms with E-state index in [2.05, 4.69) is 72.7 Å². The van der Waals surface area contributed by atoms with Gasteiger partial charge in [0.2, 0.25) is 5.82 Å². The minimum atomic E-state index is -0.221. The van der Waals surface area contributed by atoms with E-state index in [1.165, 1.54) is 16.0 Å². The van der Waals surface area contributed by atoms with Gasteiger partial charge in [0.25, 0.3) is 0 Å². The highest BCUT2D eigenvalue weighted by atomic mass is 16.5. The van der Waals surface area contributed by atoms with Crippen molar-refractivity contribution in [1.29, 1.82) is 0 Å². The quantitative estimate of drug-likeness (QED) is 0.701. The van der Waals surface area contributed by atoms with Crippen molar-refractivity contribution < 1.29 is 14.4 Å². The third kappa shape index (κ3) is 3.77. The molecule has 0 amide bonds. The molecule has 0 fully saturated rings. The molecule has 0 bridgehead atoms. The fraction of sp³-hybridized carbons (Fsp3) is 0.435. The van der Waals surface area contributed by atoms with Crippen LogP contribution in [0.25, 0.3) is 0 Å². The number of aromatic nitrogens is 4. The number of quaternary nitrogens is 1. The number of tetrazole rings is 1. The molecule has 4 rings (SSSR count). The normalized spacial score (nSPS) is 17.3. The van der Waals surface area contributed by atoms with Gasteiger partial charge >= 0.3 is 0 Å². The Morgan fingerprint density at radius 1 is 1.00 bits per heavy atom. The molecule has 2 aromatic carbocycles. The lowest BCUT2D eigenvalue weighted by Gasteiger charge is -2.33. The average Bonchev–Trinajstić information content (AvgIpc) is 3.23. The molecule has 0 saturated heterocycles. The van der Waals surface area contributed by atoms with Crippen LogP contribution in [-0.4, -0.2) is 41.0 Å². The highest BCUT2D eigenvalue weighted by Gasteiger charge is 2.36. The summed E-state index contributed by atoms with van der Waals surface area (Å²) in [6.07, 6.45) is 1.03. The van der Waals surface area contributed by atoms with Crippen LogP contribution in [0.1, 0.15) is 49.3 Å². The molecule has 3 aromatic rings. The molecular weight excluding hydrogens is 378 g/mol. The van der Waals surface area contributed by atoms with E-state index in [-0.39, 0.29) is 11.6 Å². The van der Waals surface area contributed by atoms with Gasteiger partial charge in [0.15, 0.2) is 17.5 Å². The lowest BCUT2D eigenvalue weighted by Crippen LogP contribution is -3.12. The Bertz CT molecular complexity index is 1020. The van der Waals surface area contributed by atoms with Crippen molar-refractivity contribution in [2.45, 2.75) is 45.3 Å². The first kappa shape index (κ1) is 20.3. The number of benzene rings is 2. The molecule has 158 valence electrons. The molecule has 0 saturated carbocycles. The Hall–Kier alpha value is -2.93. The summed E-state index contributed by atoms with van der Waals surface area (Å²) in [5, 5.41) is 12.9. The molecule has 2 atom stereocenters. The van der Waals surface area contributed by atoms with Crippen LogP contribution in [0, 0.1) is 0 Å². The number of nitrogens with one attached hydrogen (secondary N) is 1. The Labute approximate surface area is 177 Å². The Balaban J connectivity index is 1.82. The summed E-state index contributed by atoms with van der Waals surface area (Å²) in [5.41, 5.74) is 3.71. The lowest BCUT2D eigenvalue weighted by molar-refractivity contribution is -0.941. The van der Waals surface area contributed by atoms with Crippen molar-refractivity contribution in [3.8, 4) is 11.5 Å². The monoisotopic (exact) mass is 408 g/mol. The first-order valence-electron chi connectivity index (χ1n) is 10.3.